The smallest absolute Gasteiger partial charge is 0.262 e. The van der Waals surface area contributed by atoms with Crippen molar-refractivity contribution in [3.8, 4) is 0 Å². The van der Waals surface area contributed by atoms with E-state index in [9.17, 15) is 4.79 Å². The van der Waals surface area contributed by atoms with Crippen LogP contribution in [0.25, 0.3) is 0 Å². The van der Waals surface area contributed by atoms with E-state index in [1.54, 1.807) is 0 Å². The standard InChI is InChI=1S/C11H16N4OS/c1-8-9(17-11-13-4-7-15(8)11)10(16)14-5-2-12-3-6-14/h12H,2-7H2,1H3. The van der Waals surface area contributed by atoms with Gasteiger partial charge in [0.2, 0.25) is 0 Å². The summed E-state index contributed by atoms with van der Waals surface area (Å²) in [7, 11) is 0. The first kappa shape index (κ1) is 11.1. The van der Waals surface area contributed by atoms with E-state index >= 15 is 0 Å². The van der Waals surface area contributed by atoms with Crippen LogP contribution in [-0.2, 0) is 4.79 Å². The number of fused-ring (bicyclic) bond motifs is 1. The Balaban J connectivity index is 1.78. The second kappa shape index (κ2) is 4.34. The molecule has 0 aromatic heterocycles. The Bertz CT molecular complexity index is 412. The number of aliphatic imine (C=N–C) groups is 1. The number of rotatable bonds is 1. The molecule has 3 rings (SSSR count). The largest absolute Gasteiger partial charge is 0.336 e. The van der Waals surface area contributed by atoms with E-state index in [2.05, 4.69) is 15.2 Å². The fourth-order valence-electron chi connectivity index (χ4n) is 2.32. The molecule has 17 heavy (non-hydrogen) atoms. The van der Waals surface area contributed by atoms with Crippen LogP contribution in [0.5, 0.6) is 0 Å². The number of carbonyl (C=O) groups excluding carboxylic acids is 1. The van der Waals surface area contributed by atoms with Gasteiger partial charge in [-0.3, -0.25) is 9.79 Å². The number of hydrogen-bond acceptors (Lipinski definition) is 5. The number of amides is 1. The number of piperazine rings is 1. The molecule has 0 atom stereocenters. The van der Waals surface area contributed by atoms with Crippen LogP contribution in [0.4, 0.5) is 0 Å². The highest BCUT2D eigenvalue weighted by Gasteiger charge is 2.34. The highest BCUT2D eigenvalue weighted by Crippen LogP contribution is 2.37. The van der Waals surface area contributed by atoms with Gasteiger partial charge in [0.1, 0.15) is 0 Å². The fourth-order valence-corrected chi connectivity index (χ4v) is 3.47. The Morgan fingerprint density at radius 1 is 1.35 bits per heavy atom. The van der Waals surface area contributed by atoms with Crippen molar-refractivity contribution < 1.29 is 4.79 Å². The average molecular weight is 252 g/mol. The molecule has 0 radical (unpaired) electrons. The third kappa shape index (κ3) is 1.85. The molecule has 1 amide bonds. The summed E-state index contributed by atoms with van der Waals surface area (Å²) >= 11 is 1.54. The molecule has 0 aromatic carbocycles. The van der Waals surface area contributed by atoms with Gasteiger partial charge in [-0.2, -0.15) is 0 Å². The molecular weight excluding hydrogens is 236 g/mol. The van der Waals surface area contributed by atoms with Gasteiger partial charge >= 0.3 is 0 Å². The van der Waals surface area contributed by atoms with Gasteiger partial charge in [-0.05, 0) is 18.7 Å². The molecule has 1 fully saturated rings. The monoisotopic (exact) mass is 252 g/mol. The van der Waals surface area contributed by atoms with Gasteiger partial charge in [0.15, 0.2) is 5.17 Å². The molecule has 1 saturated heterocycles. The third-order valence-corrected chi connectivity index (χ3v) is 4.53. The Hall–Kier alpha value is -1.01. The maximum Gasteiger partial charge on any atom is 0.262 e. The molecule has 92 valence electrons. The molecule has 3 aliphatic heterocycles. The first-order valence-electron chi connectivity index (χ1n) is 5.98. The SMILES string of the molecule is CC1=C(C(=O)N2CCNCC2)SC2=NCCN21. The molecule has 0 aromatic rings. The maximum absolute atomic E-state index is 12.4. The second-order valence-electron chi connectivity index (χ2n) is 4.37. The van der Waals surface area contributed by atoms with Crippen LogP contribution >= 0.6 is 11.8 Å². The number of carbonyl (C=O) groups is 1. The summed E-state index contributed by atoms with van der Waals surface area (Å²) in [5.41, 5.74) is 1.08. The van der Waals surface area contributed by atoms with E-state index < -0.39 is 0 Å². The van der Waals surface area contributed by atoms with Gasteiger partial charge in [0.05, 0.1) is 11.4 Å². The van der Waals surface area contributed by atoms with Crippen molar-refractivity contribution in [2.75, 3.05) is 39.3 Å². The van der Waals surface area contributed by atoms with E-state index in [4.69, 9.17) is 0 Å². The molecule has 0 aliphatic carbocycles. The lowest BCUT2D eigenvalue weighted by Gasteiger charge is -2.27. The molecule has 0 unspecified atom stereocenters. The number of amidine groups is 1. The third-order valence-electron chi connectivity index (χ3n) is 3.33. The lowest BCUT2D eigenvalue weighted by atomic mass is 10.3. The maximum atomic E-state index is 12.4. The summed E-state index contributed by atoms with van der Waals surface area (Å²) in [5, 5.41) is 4.26. The van der Waals surface area contributed by atoms with Crippen LogP contribution in [-0.4, -0.2) is 60.1 Å². The number of thioether (sulfide) groups is 1. The van der Waals surface area contributed by atoms with Gasteiger partial charge in [0.25, 0.3) is 5.91 Å². The predicted octanol–water partition coefficient (Wildman–Crippen LogP) is 0.0681. The Labute approximate surface area is 105 Å². The predicted molar refractivity (Wildman–Crippen MR) is 68.7 cm³/mol. The minimum Gasteiger partial charge on any atom is -0.336 e. The highest BCUT2D eigenvalue weighted by molar-refractivity contribution is 8.18. The zero-order valence-electron chi connectivity index (χ0n) is 9.90. The Kier molecular flexibility index (Phi) is 2.84. The quantitative estimate of drug-likeness (QED) is 0.717. The highest BCUT2D eigenvalue weighted by atomic mass is 32.2. The fraction of sp³-hybridized carbons (Fsp3) is 0.636. The lowest BCUT2D eigenvalue weighted by Crippen LogP contribution is -2.46. The molecule has 0 bridgehead atoms. The normalized spacial score (nSPS) is 24.2. The van der Waals surface area contributed by atoms with E-state index in [0.29, 0.717) is 0 Å². The topological polar surface area (TPSA) is 47.9 Å². The van der Waals surface area contributed by atoms with Crippen molar-refractivity contribution in [3.05, 3.63) is 10.6 Å². The van der Waals surface area contributed by atoms with Crippen LogP contribution in [0.1, 0.15) is 6.92 Å². The second-order valence-corrected chi connectivity index (χ2v) is 5.35. The van der Waals surface area contributed by atoms with Crippen LogP contribution in [0.15, 0.2) is 15.6 Å². The summed E-state index contributed by atoms with van der Waals surface area (Å²) in [6.45, 7) is 7.21. The van der Waals surface area contributed by atoms with Crippen molar-refractivity contribution in [1.29, 1.82) is 0 Å². The summed E-state index contributed by atoms with van der Waals surface area (Å²) in [4.78, 5) is 21.7. The number of nitrogens with one attached hydrogen (secondary N) is 1. The van der Waals surface area contributed by atoms with Crippen molar-refractivity contribution in [2.45, 2.75) is 6.92 Å². The molecule has 3 heterocycles. The molecule has 0 saturated carbocycles. The van der Waals surface area contributed by atoms with Gasteiger partial charge in [-0.25, -0.2) is 0 Å². The minimum atomic E-state index is 0.172. The molecule has 6 heteroatoms. The summed E-state index contributed by atoms with van der Waals surface area (Å²) < 4.78 is 0. The lowest BCUT2D eigenvalue weighted by molar-refractivity contribution is -0.126. The molecule has 5 nitrogen and oxygen atoms in total. The summed E-state index contributed by atoms with van der Waals surface area (Å²) in [5.74, 6) is 0.172. The molecule has 1 N–H and O–H groups in total. The zero-order chi connectivity index (χ0) is 11.8. The Morgan fingerprint density at radius 2 is 2.12 bits per heavy atom. The van der Waals surface area contributed by atoms with Crippen molar-refractivity contribution >= 4 is 22.8 Å². The van der Waals surface area contributed by atoms with E-state index in [0.717, 1.165) is 55.0 Å². The number of allylic oxidation sites excluding steroid dienone is 1. The summed E-state index contributed by atoms with van der Waals surface area (Å²) in [6.07, 6.45) is 0. The van der Waals surface area contributed by atoms with Gasteiger partial charge in [-0.1, -0.05) is 0 Å². The van der Waals surface area contributed by atoms with Gasteiger partial charge < -0.3 is 15.1 Å². The van der Waals surface area contributed by atoms with Gasteiger partial charge in [0, 0.05) is 38.4 Å². The van der Waals surface area contributed by atoms with Crippen LogP contribution in [0, 0.1) is 0 Å². The number of hydrogen-bond donors (Lipinski definition) is 1. The van der Waals surface area contributed by atoms with Crippen molar-refractivity contribution in [2.24, 2.45) is 4.99 Å². The average Bonchev–Trinajstić information content (AvgIpc) is 2.93. The van der Waals surface area contributed by atoms with Crippen LogP contribution in [0.3, 0.4) is 0 Å². The summed E-state index contributed by atoms with van der Waals surface area (Å²) in [6, 6.07) is 0. The first-order valence-corrected chi connectivity index (χ1v) is 6.80. The molecular formula is C11H16N4OS. The minimum absolute atomic E-state index is 0.172. The van der Waals surface area contributed by atoms with Crippen molar-refractivity contribution in [3.63, 3.8) is 0 Å². The molecule has 3 aliphatic rings. The number of nitrogens with zero attached hydrogens (tertiary/aromatic N) is 3. The van der Waals surface area contributed by atoms with E-state index in [1.807, 2.05) is 11.8 Å². The first-order chi connectivity index (χ1) is 8.27. The van der Waals surface area contributed by atoms with Crippen molar-refractivity contribution in [1.82, 2.24) is 15.1 Å². The molecule has 0 spiro atoms. The van der Waals surface area contributed by atoms with Gasteiger partial charge in [-0.15, -0.1) is 0 Å². The van der Waals surface area contributed by atoms with Crippen LogP contribution < -0.4 is 5.32 Å². The zero-order valence-corrected chi connectivity index (χ0v) is 10.7. The van der Waals surface area contributed by atoms with E-state index in [-0.39, 0.29) is 5.91 Å². The van der Waals surface area contributed by atoms with Crippen LogP contribution in [0.2, 0.25) is 0 Å². The van der Waals surface area contributed by atoms with E-state index in [1.165, 1.54) is 11.8 Å². The Morgan fingerprint density at radius 3 is 2.82 bits per heavy atom.